The lowest BCUT2D eigenvalue weighted by molar-refractivity contribution is 0.415. The molecule has 5 heteroatoms. The Balaban J connectivity index is 2.05. The molecule has 1 N–H and O–H groups in total. The molecule has 20 heavy (non-hydrogen) atoms. The SMILES string of the molecule is COc1ccc(-c2n[nH]nc2-c2cccc(C)n2)cc1. The summed E-state index contributed by atoms with van der Waals surface area (Å²) in [6, 6.07) is 13.6. The molecule has 0 saturated heterocycles. The molecule has 0 aliphatic rings. The molecule has 0 bridgehead atoms. The number of aromatic nitrogens is 4. The predicted octanol–water partition coefficient (Wildman–Crippen LogP) is 2.85. The zero-order chi connectivity index (χ0) is 13.9. The fraction of sp³-hybridized carbons (Fsp3) is 0.133. The first-order chi connectivity index (χ1) is 9.78. The van der Waals surface area contributed by atoms with Gasteiger partial charge in [0.2, 0.25) is 0 Å². The monoisotopic (exact) mass is 266 g/mol. The molecule has 0 amide bonds. The van der Waals surface area contributed by atoms with Gasteiger partial charge in [0, 0.05) is 11.3 Å². The number of benzene rings is 1. The number of nitrogens with zero attached hydrogens (tertiary/aromatic N) is 3. The van der Waals surface area contributed by atoms with E-state index in [9.17, 15) is 0 Å². The van der Waals surface area contributed by atoms with Crippen molar-refractivity contribution in [3.05, 3.63) is 48.2 Å². The predicted molar refractivity (Wildman–Crippen MR) is 76.3 cm³/mol. The second kappa shape index (κ2) is 5.13. The van der Waals surface area contributed by atoms with Gasteiger partial charge >= 0.3 is 0 Å². The van der Waals surface area contributed by atoms with Gasteiger partial charge in [0.25, 0.3) is 0 Å². The molecule has 2 heterocycles. The minimum atomic E-state index is 0.749. The maximum absolute atomic E-state index is 5.16. The molecule has 3 rings (SSSR count). The molecule has 0 unspecified atom stereocenters. The Labute approximate surface area is 116 Å². The van der Waals surface area contributed by atoms with Crippen LogP contribution in [0.15, 0.2) is 42.5 Å². The summed E-state index contributed by atoms with van der Waals surface area (Å²) in [4.78, 5) is 4.49. The van der Waals surface area contributed by atoms with Crippen molar-refractivity contribution in [2.45, 2.75) is 6.92 Å². The Hall–Kier alpha value is -2.69. The fourth-order valence-corrected chi connectivity index (χ4v) is 2.03. The number of hydrogen-bond donors (Lipinski definition) is 1. The number of aryl methyl sites for hydroxylation is 1. The molecule has 0 atom stereocenters. The van der Waals surface area contributed by atoms with Crippen LogP contribution in [0.5, 0.6) is 5.75 Å². The van der Waals surface area contributed by atoms with Crippen molar-refractivity contribution in [1.29, 1.82) is 0 Å². The topological polar surface area (TPSA) is 63.7 Å². The standard InChI is InChI=1S/C15H14N4O/c1-10-4-3-5-13(16-10)15-14(17-19-18-15)11-6-8-12(20-2)9-7-11/h3-9H,1-2H3,(H,17,18,19). The summed E-state index contributed by atoms with van der Waals surface area (Å²) in [5.41, 5.74) is 4.26. The van der Waals surface area contributed by atoms with Crippen molar-refractivity contribution >= 4 is 0 Å². The first-order valence-electron chi connectivity index (χ1n) is 6.27. The first-order valence-corrected chi connectivity index (χ1v) is 6.27. The molecule has 100 valence electrons. The van der Waals surface area contributed by atoms with Gasteiger partial charge < -0.3 is 4.74 Å². The molecule has 2 aromatic heterocycles. The van der Waals surface area contributed by atoms with Crippen molar-refractivity contribution in [2.75, 3.05) is 7.11 Å². The average Bonchev–Trinajstić information content (AvgIpc) is 2.97. The third-order valence-electron chi connectivity index (χ3n) is 3.04. The van der Waals surface area contributed by atoms with E-state index in [1.54, 1.807) is 7.11 Å². The molecular formula is C15H14N4O. The Morgan fingerprint density at radius 1 is 0.950 bits per heavy atom. The number of nitrogens with one attached hydrogen (secondary N) is 1. The van der Waals surface area contributed by atoms with Gasteiger partial charge in [0.1, 0.15) is 17.1 Å². The summed E-state index contributed by atoms with van der Waals surface area (Å²) < 4.78 is 5.16. The van der Waals surface area contributed by atoms with E-state index in [4.69, 9.17) is 4.74 Å². The average molecular weight is 266 g/mol. The van der Waals surface area contributed by atoms with Crippen LogP contribution < -0.4 is 4.74 Å². The van der Waals surface area contributed by atoms with E-state index < -0.39 is 0 Å². The molecule has 5 nitrogen and oxygen atoms in total. The number of aromatic amines is 1. The lowest BCUT2D eigenvalue weighted by Crippen LogP contribution is -1.89. The Kier molecular flexibility index (Phi) is 3.16. The highest BCUT2D eigenvalue weighted by Crippen LogP contribution is 2.28. The van der Waals surface area contributed by atoms with Crippen LogP contribution in [-0.2, 0) is 0 Å². The largest absolute Gasteiger partial charge is 0.497 e. The van der Waals surface area contributed by atoms with Crippen LogP contribution in [-0.4, -0.2) is 27.5 Å². The van der Waals surface area contributed by atoms with Gasteiger partial charge in [-0.1, -0.05) is 6.07 Å². The summed E-state index contributed by atoms with van der Waals surface area (Å²) in [7, 11) is 1.65. The Morgan fingerprint density at radius 2 is 1.70 bits per heavy atom. The molecule has 0 aliphatic carbocycles. The third-order valence-corrected chi connectivity index (χ3v) is 3.04. The Morgan fingerprint density at radius 3 is 2.40 bits per heavy atom. The van der Waals surface area contributed by atoms with E-state index in [1.807, 2.05) is 49.4 Å². The summed E-state index contributed by atoms with van der Waals surface area (Å²) in [5.74, 6) is 0.812. The lowest BCUT2D eigenvalue weighted by Gasteiger charge is -2.03. The number of methoxy groups -OCH3 is 1. The van der Waals surface area contributed by atoms with E-state index in [1.165, 1.54) is 0 Å². The number of ether oxygens (including phenoxy) is 1. The van der Waals surface area contributed by atoms with Crippen LogP contribution in [0.1, 0.15) is 5.69 Å². The van der Waals surface area contributed by atoms with Gasteiger partial charge in [-0.25, -0.2) is 0 Å². The molecule has 0 aliphatic heterocycles. The Bertz CT molecular complexity index is 719. The van der Waals surface area contributed by atoms with E-state index in [0.29, 0.717) is 0 Å². The van der Waals surface area contributed by atoms with Crippen molar-refractivity contribution in [3.8, 4) is 28.4 Å². The van der Waals surface area contributed by atoms with E-state index >= 15 is 0 Å². The van der Waals surface area contributed by atoms with E-state index in [-0.39, 0.29) is 0 Å². The quantitative estimate of drug-likeness (QED) is 0.791. The highest BCUT2D eigenvalue weighted by atomic mass is 16.5. The van der Waals surface area contributed by atoms with Crippen molar-refractivity contribution in [1.82, 2.24) is 20.4 Å². The normalized spacial score (nSPS) is 10.5. The van der Waals surface area contributed by atoms with Crippen LogP contribution >= 0.6 is 0 Å². The second-order valence-electron chi connectivity index (χ2n) is 4.41. The molecule has 3 aromatic rings. The molecular weight excluding hydrogens is 252 g/mol. The minimum absolute atomic E-state index is 0.749. The third kappa shape index (κ3) is 2.25. The summed E-state index contributed by atoms with van der Waals surface area (Å²) in [5, 5.41) is 11.1. The minimum Gasteiger partial charge on any atom is -0.497 e. The van der Waals surface area contributed by atoms with Gasteiger partial charge in [-0.15, -0.1) is 0 Å². The summed E-state index contributed by atoms with van der Waals surface area (Å²) in [6.45, 7) is 1.95. The van der Waals surface area contributed by atoms with E-state index in [0.717, 1.165) is 34.1 Å². The first kappa shape index (κ1) is 12.3. The van der Waals surface area contributed by atoms with Crippen LogP contribution in [0.2, 0.25) is 0 Å². The lowest BCUT2D eigenvalue weighted by atomic mass is 10.1. The molecule has 0 saturated carbocycles. The second-order valence-corrected chi connectivity index (χ2v) is 4.41. The summed E-state index contributed by atoms with van der Waals surface area (Å²) in [6.07, 6.45) is 0. The van der Waals surface area contributed by atoms with Gasteiger partial charge in [-0.2, -0.15) is 15.4 Å². The fourth-order valence-electron chi connectivity index (χ4n) is 2.03. The highest BCUT2D eigenvalue weighted by Gasteiger charge is 2.13. The smallest absolute Gasteiger partial charge is 0.139 e. The molecule has 0 spiro atoms. The molecule has 0 fully saturated rings. The van der Waals surface area contributed by atoms with Gasteiger partial charge in [0.05, 0.1) is 12.8 Å². The van der Waals surface area contributed by atoms with Crippen molar-refractivity contribution in [2.24, 2.45) is 0 Å². The van der Waals surface area contributed by atoms with E-state index in [2.05, 4.69) is 20.4 Å². The van der Waals surface area contributed by atoms with Gasteiger partial charge in [-0.05, 0) is 43.3 Å². The van der Waals surface area contributed by atoms with Gasteiger partial charge in [-0.3, -0.25) is 4.98 Å². The van der Waals surface area contributed by atoms with Crippen LogP contribution in [0.4, 0.5) is 0 Å². The van der Waals surface area contributed by atoms with Crippen LogP contribution in [0.3, 0.4) is 0 Å². The van der Waals surface area contributed by atoms with Gasteiger partial charge in [0.15, 0.2) is 0 Å². The number of pyridine rings is 1. The molecule has 0 radical (unpaired) electrons. The zero-order valence-corrected chi connectivity index (χ0v) is 11.3. The maximum atomic E-state index is 5.16. The van der Waals surface area contributed by atoms with Crippen LogP contribution in [0.25, 0.3) is 22.6 Å². The van der Waals surface area contributed by atoms with Crippen molar-refractivity contribution in [3.63, 3.8) is 0 Å². The maximum Gasteiger partial charge on any atom is 0.139 e. The highest BCUT2D eigenvalue weighted by molar-refractivity contribution is 5.75. The van der Waals surface area contributed by atoms with Crippen LogP contribution in [0, 0.1) is 6.92 Å². The van der Waals surface area contributed by atoms with Crippen molar-refractivity contribution < 1.29 is 4.74 Å². The number of hydrogen-bond acceptors (Lipinski definition) is 4. The zero-order valence-electron chi connectivity index (χ0n) is 11.3. The number of H-pyrrole nitrogens is 1. The number of rotatable bonds is 3. The summed E-state index contributed by atoms with van der Waals surface area (Å²) >= 11 is 0. The molecule has 1 aromatic carbocycles.